The quantitative estimate of drug-likeness (QED) is 0.154. The Hall–Kier alpha value is -9.55. The third-order valence-electron chi connectivity index (χ3n) is 21.3. The molecular weight excluding hydrogens is 1410 g/mol. The number of aromatic nitrogens is 3. The minimum atomic E-state index is 0. The van der Waals surface area contributed by atoms with Crippen LogP contribution in [-0.2, 0) is 69.9 Å². The molecule has 0 amide bonds. The van der Waals surface area contributed by atoms with Crippen molar-refractivity contribution >= 4 is 64.1 Å². The maximum Gasteiger partial charge on any atom is 2.00 e. The first-order valence-electron chi connectivity index (χ1n) is 40.1. The van der Waals surface area contributed by atoms with Crippen molar-refractivity contribution in [3.63, 3.8) is 0 Å². The van der Waals surface area contributed by atoms with Gasteiger partial charge in [-0.1, -0.05) is 225 Å². The molecule has 0 fully saturated rings. The first-order valence-corrected chi connectivity index (χ1v) is 40.9. The van der Waals surface area contributed by atoms with E-state index in [4.69, 9.17) is 0 Å². The summed E-state index contributed by atoms with van der Waals surface area (Å²) in [6.07, 6.45) is 47.4. The molecule has 9 aromatic rings. The Morgan fingerprint density at radius 3 is 1.51 bits per heavy atom. The van der Waals surface area contributed by atoms with Crippen LogP contribution in [0.15, 0.2) is 242 Å². The van der Waals surface area contributed by atoms with Crippen LogP contribution >= 0.6 is 11.3 Å². The van der Waals surface area contributed by atoms with Crippen molar-refractivity contribution in [2.24, 2.45) is 0 Å². The van der Waals surface area contributed by atoms with Gasteiger partial charge in [-0.25, -0.2) is 23.3 Å². The summed E-state index contributed by atoms with van der Waals surface area (Å²) in [7, 11) is 0. The number of hydrogen-bond donors (Lipinski definition) is 0. The van der Waals surface area contributed by atoms with Crippen molar-refractivity contribution in [1.29, 1.82) is 0 Å². The molecule has 0 aliphatic heterocycles. The number of allylic oxidation sites excluding steroid dienone is 22. The molecule has 3 nitrogen and oxygen atoms in total. The average Bonchev–Trinajstić information content (AvgIpc) is 1.62. The van der Waals surface area contributed by atoms with Gasteiger partial charge in [0.1, 0.15) is 0 Å². The minimum Gasteiger partial charge on any atom is -0.261 e. The van der Waals surface area contributed by atoms with Gasteiger partial charge >= 0.3 is 18.6 Å². The van der Waals surface area contributed by atoms with Gasteiger partial charge in [0.05, 0.1) is 11.4 Å². The largest absolute Gasteiger partial charge is 2.00 e. The van der Waals surface area contributed by atoms with Gasteiger partial charge in [0.15, 0.2) is 0 Å². The number of hydrogen-bond acceptors (Lipinski definition) is 4. The molecule has 0 saturated carbocycles. The van der Waals surface area contributed by atoms with E-state index in [-0.39, 0.29) is 18.6 Å². The predicted octanol–water partition coefficient (Wildman–Crippen LogP) is 28.8. The molecule has 0 bridgehead atoms. The molecule has 0 saturated heterocycles. The zero-order valence-corrected chi connectivity index (χ0v) is 72.9. The Morgan fingerprint density at radius 1 is 0.321 bits per heavy atom. The molecule has 11 aliphatic rings. The summed E-state index contributed by atoms with van der Waals surface area (Å²) in [6.45, 7) is 43.0. The smallest absolute Gasteiger partial charge is 0.261 e. The van der Waals surface area contributed by atoms with Crippen LogP contribution in [0.3, 0.4) is 0 Å². The molecule has 0 N–H and O–H groups in total. The van der Waals surface area contributed by atoms with Gasteiger partial charge in [-0.15, -0.1) is 23.3 Å². The number of benzene rings is 5. The molecule has 0 spiro atoms. The van der Waals surface area contributed by atoms with E-state index in [9.17, 15) is 0 Å². The van der Waals surface area contributed by atoms with Gasteiger partial charge in [-0.3, -0.25) is 15.0 Å². The van der Waals surface area contributed by atoms with E-state index in [0.717, 1.165) is 62.0 Å². The van der Waals surface area contributed by atoms with E-state index < -0.39 is 0 Å². The van der Waals surface area contributed by atoms with Gasteiger partial charge in [-0.2, -0.15) is 29.8 Å². The Labute approximate surface area is 689 Å². The summed E-state index contributed by atoms with van der Waals surface area (Å²) >= 11 is 1.90. The summed E-state index contributed by atoms with van der Waals surface area (Å²) in [5.41, 5.74) is 50.3. The molecule has 1 radical (unpaired) electrons. The van der Waals surface area contributed by atoms with E-state index in [1.54, 1.807) is 22.3 Å². The molecular formula is C107H117N3SV. The fraction of sp³-hybridized carbons (Fsp3) is 0.299. The summed E-state index contributed by atoms with van der Waals surface area (Å²) in [4.78, 5) is 15.9. The monoisotopic (exact) mass is 1530 g/mol. The molecule has 5 heteroatoms. The molecule has 4 aromatic heterocycles. The number of nitrogens with zero attached hydrogens (tertiary/aromatic N) is 3. The topological polar surface area (TPSA) is 38.7 Å². The van der Waals surface area contributed by atoms with Gasteiger partial charge in [0.25, 0.3) is 0 Å². The molecule has 4 heterocycles. The summed E-state index contributed by atoms with van der Waals surface area (Å²) < 4.78 is 0. The Bertz CT molecular complexity index is 5140. The van der Waals surface area contributed by atoms with Gasteiger partial charge in [0.2, 0.25) is 0 Å². The van der Waals surface area contributed by atoms with Gasteiger partial charge in [-0.05, 0) is 308 Å². The summed E-state index contributed by atoms with van der Waals surface area (Å²) in [6, 6.07) is 45.3. The minimum absolute atomic E-state index is 0. The summed E-state index contributed by atoms with van der Waals surface area (Å²) in [5, 5.41) is 2.72. The molecule has 20 rings (SSSR count). The van der Waals surface area contributed by atoms with E-state index in [0.29, 0.717) is 0 Å². The number of fused-ring (bicyclic) bond motifs is 8. The van der Waals surface area contributed by atoms with Crippen LogP contribution in [0, 0.1) is 67.5 Å². The maximum atomic E-state index is 4.45. The van der Waals surface area contributed by atoms with Crippen LogP contribution in [-0.4, -0.2) is 15.0 Å². The zero-order valence-electron chi connectivity index (χ0n) is 70.7. The third kappa shape index (κ3) is 24.5. The second-order valence-electron chi connectivity index (χ2n) is 33.3. The SMILES string of the molecule is CC1=CC2=C(C1)Cc1ccc(C)cc1C2.CC1=CC=C(C)C1.CC1=CC=C(C)C1.CC1=C[C-]=C(c2[c-]cc(C)cc2)C1.CC1=Cc2cc3cc(C)ccc3cc2C1.CC1=Cc2ccc(C)cc2C1.CC1=Cc2ccc(C)nc2C1.CC1=Cc2cnc(C)cc2C1.CC1=Cc2ncc(C)cc2C1.CC1=Cc2sc(C)cc2C1.[V+2]. The van der Waals surface area contributed by atoms with Crippen LogP contribution in [0.25, 0.3) is 52.8 Å². The molecule has 571 valence electrons. The van der Waals surface area contributed by atoms with Crippen molar-refractivity contribution in [2.75, 3.05) is 0 Å². The maximum absolute atomic E-state index is 4.45. The molecule has 0 atom stereocenters. The number of pyridine rings is 3. The van der Waals surface area contributed by atoms with Gasteiger partial charge in [0, 0.05) is 40.0 Å². The Morgan fingerprint density at radius 2 is 0.866 bits per heavy atom. The van der Waals surface area contributed by atoms with Crippen molar-refractivity contribution in [2.45, 2.75) is 216 Å². The molecule has 5 aromatic carbocycles. The van der Waals surface area contributed by atoms with Crippen LogP contribution in [0.2, 0.25) is 0 Å². The third-order valence-corrected chi connectivity index (χ3v) is 22.3. The van der Waals surface area contributed by atoms with Crippen molar-refractivity contribution in [3.05, 3.63) is 381 Å². The fourth-order valence-electron chi connectivity index (χ4n) is 15.9. The van der Waals surface area contributed by atoms with Gasteiger partial charge < -0.3 is 0 Å². The standard InChI is InChI=1S/C15H16.C15H14.C13H12.C11H12.3C10H11N.C9H10S.2C7H10.V/c2*1-10-3-4-12-8-14-6-11(2)7-15(14)9-13(12)5-10;1-10-3-6-12(7-4-10)13-8-5-11(2)9-13;1-8-3-4-10-6-9(2)7-11(10)5-8;1-7-3-9-4-8(2)6-11-10(9)5-7;1-7-3-9-5-8(2)11-6-10(9)4-7;1-7-5-9-4-3-8(2)11-10(9)6-7;1-6-3-8-5-7(2)10-9(8)4-6;2*1-6-3-4-7(2)5-6;/h3-5,7H,6,8-9H2,1-2H3;3-5,7-9H,6H2,1-2H3;3-6H,9H2,1-2H3;3-6H,7H2,1-2H3;2*4-6H,3H2,1-2H3;3-5H,6H2,1-2H3;4-5H,3H2,1-2H3;2*3-4H,5H2,1-2H3;/q;;-2;;;;;;;;+2. The Balaban J connectivity index is 0.000000133. The van der Waals surface area contributed by atoms with Crippen molar-refractivity contribution in [1.82, 2.24) is 15.0 Å². The van der Waals surface area contributed by atoms with Crippen molar-refractivity contribution < 1.29 is 18.6 Å². The second kappa shape index (κ2) is 39.3. The van der Waals surface area contributed by atoms with Crippen LogP contribution < -0.4 is 0 Å². The second-order valence-corrected chi connectivity index (χ2v) is 34.6. The van der Waals surface area contributed by atoms with E-state index in [1.165, 1.54) is 214 Å². The number of rotatable bonds is 1. The normalized spacial score (nSPS) is 15.7. The Kier molecular flexibility index (Phi) is 29.8. The number of thiophene rings is 1. The van der Waals surface area contributed by atoms with Crippen LogP contribution in [0.1, 0.15) is 236 Å². The first kappa shape index (κ1) is 84.9. The number of aryl methyl sites for hydroxylation is 8. The summed E-state index contributed by atoms with van der Waals surface area (Å²) in [5.74, 6) is 0. The first-order chi connectivity index (χ1) is 53.0. The fourth-order valence-corrected chi connectivity index (χ4v) is 16.9. The van der Waals surface area contributed by atoms with Crippen LogP contribution in [0.5, 0.6) is 0 Å². The predicted molar refractivity (Wildman–Crippen MR) is 483 cm³/mol. The zero-order chi connectivity index (χ0) is 79.2. The molecule has 0 unspecified atom stereocenters. The van der Waals surface area contributed by atoms with E-state index >= 15 is 0 Å². The van der Waals surface area contributed by atoms with E-state index in [1.807, 2.05) is 43.6 Å². The van der Waals surface area contributed by atoms with E-state index in [2.05, 4.69) is 334 Å². The molecule has 112 heavy (non-hydrogen) atoms. The molecule has 11 aliphatic carbocycles. The van der Waals surface area contributed by atoms with Crippen LogP contribution in [0.4, 0.5) is 0 Å². The van der Waals surface area contributed by atoms with Crippen molar-refractivity contribution in [3.8, 4) is 0 Å². The average molecular weight is 1530 g/mol.